The van der Waals surface area contributed by atoms with Crippen molar-refractivity contribution in [3.63, 3.8) is 0 Å². The van der Waals surface area contributed by atoms with E-state index in [1.807, 2.05) is 0 Å². The average molecular weight is 1360 g/mol. The summed E-state index contributed by atoms with van der Waals surface area (Å²) < 4.78 is 11.9. The molecule has 1 N–H and O–H groups in total. The number of benzene rings is 10. The molecule has 456 valence electrons. The Hall–Kier alpha value is -8.57. The van der Waals surface area contributed by atoms with Crippen molar-refractivity contribution >= 4 is 44.0 Å². The van der Waals surface area contributed by atoms with Gasteiger partial charge in [-0.25, -0.2) is 4.98 Å². The van der Waals surface area contributed by atoms with Crippen molar-refractivity contribution in [2.75, 3.05) is 0 Å². The summed E-state index contributed by atoms with van der Waals surface area (Å²) in [5.41, 5.74) is 22.2. The Balaban J connectivity index is 0.00000785. The van der Waals surface area contributed by atoms with Crippen LogP contribution in [0, 0.1) is 13.0 Å². The standard InChI is InChI=1S/C83H81N4O2.Pt/c1-50-35-41-69-72(85-78(65-47-59(82(11,12)13)48-66(75(65)88)83(14,15)16)86(69)68-42-37-56(79(2,3)4)46-64(68)53-31-24-19-25-32-53)71(50)54-43-55(45-58(44-54)81(8,9)10)77-84-67-40-39-63-62-38-36-57(80(5,6)7)49-70(62)89-76(63)74(67)87(77)73-60(51-27-20-17-21-28-51)33-26-34-61(73)52-29-22-18-23-30-52;/h17-42,44-49,88H,1-16H3;/q-1;. The molecule has 0 spiro atoms. The summed E-state index contributed by atoms with van der Waals surface area (Å²) in [4.78, 5) is 11.7. The molecule has 6 nitrogen and oxygen atoms in total. The molecule has 3 aromatic heterocycles. The molecule has 13 aromatic rings. The molecule has 0 fully saturated rings. The predicted molar refractivity (Wildman–Crippen MR) is 374 cm³/mol. The number of hydrogen-bond donors (Lipinski definition) is 1. The molecule has 0 radical (unpaired) electrons. The van der Waals surface area contributed by atoms with Gasteiger partial charge in [-0.2, -0.15) is 0 Å². The zero-order valence-corrected chi connectivity index (χ0v) is 57.2. The molecule has 0 aliphatic heterocycles. The number of para-hydroxylation sites is 1. The van der Waals surface area contributed by atoms with E-state index in [1.165, 1.54) is 11.1 Å². The van der Waals surface area contributed by atoms with Gasteiger partial charge >= 0.3 is 0 Å². The van der Waals surface area contributed by atoms with Crippen LogP contribution in [0.5, 0.6) is 5.75 Å². The molecule has 13 rings (SSSR count). The topological polar surface area (TPSA) is 69.0 Å². The van der Waals surface area contributed by atoms with Gasteiger partial charge < -0.3 is 14.1 Å². The quantitative estimate of drug-likeness (QED) is 0.154. The molecule has 7 heteroatoms. The minimum absolute atomic E-state index is 0. The molecule has 90 heavy (non-hydrogen) atoms. The van der Waals surface area contributed by atoms with Gasteiger partial charge in [0.15, 0.2) is 5.58 Å². The number of nitrogens with zero attached hydrogens (tertiary/aromatic N) is 4. The number of phenolic OH excluding ortho intramolecular Hbond substituents is 1. The third-order valence-electron chi connectivity index (χ3n) is 18.0. The molecule has 0 aliphatic carbocycles. The molecule has 0 unspecified atom stereocenters. The fraction of sp³-hybridized carbons (Fsp3) is 0.253. The Bertz CT molecular complexity index is 4850. The zero-order valence-electron chi connectivity index (χ0n) is 54.9. The summed E-state index contributed by atoms with van der Waals surface area (Å²) in [6.07, 6.45) is 0. The van der Waals surface area contributed by atoms with Gasteiger partial charge in [0, 0.05) is 54.1 Å². The summed E-state index contributed by atoms with van der Waals surface area (Å²) in [5, 5.41) is 15.1. The number of aryl methyl sites for hydroxylation is 1. The van der Waals surface area contributed by atoms with Crippen LogP contribution in [0.2, 0.25) is 0 Å². The second-order valence-electron chi connectivity index (χ2n) is 29.7. The molecule has 0 bridgehead atoms. The van der Waals surface area contributed by atoms with Crippen LogP contribution in [0.15, 0.2) is 199 Å². The van der Waals surface area contributed by atoms with Crippen molar-refractivity contribution in [2.24, 2.45) is 0 Å². The van der Waals surface area contributed by atoms with Gasteiger partial charge in [-0.3, -0.25) is 9.55 Å². The SMILES string of the molecule is Cc1ccc2c(nc(-c3cc(C(C)(C)C)cc(C(C)(C)C)c3O)n2-c2ccc(C(C)(C)C)cc2-c2ccccc2)c1-c1[c-]c(-c2nc3ccc4c5ccc(C(C)(C)C)cc5oc4c3n2-c2c(-c3ccccc3)cccc2-c2ccccc2)cc(C(C)(C)C)c1.[Pt]. The smallest absolute Gasteiger partial charge is 0.161 e. The van der Waals surface area contributed by atoms with E-state index >= 15 is 0 Å². The fourth-order valence-electron chi connectivity index (χ4n) is 12.9. The Morgan fingerprint density at radius 2 is 0.956 bits per heavy atom. The normalized spacial score (nSPS) is 12.6. The first-order chi connectivity index (χ1) is 42.1. The van der Waals surface area contributed by atoms with Crippen LogP contribution < -0.4 is 0 Å². The minimum atomic E-state index is -0.382. The second-order valence-corrected chi connectivity index (χ2v) is 29.7. The fourth-order valence-corrected chi connectivity index (χ4v) is 12.9. The van der Waals surface area contributed by atoms with Crippen molar-refractivity contribution in [3.8, 4) is 84.4 Å². The van der Waals surface area contributed by atoms with Crippen LogP contribution in [0.3, 0.4) is 0 Å². The minimum Gasteiger partial charge on any atom is -0.507 e. The Morgan fingerprint density at radius 1 is 0.433 bits per heavy atom. The van der Waals surface area contributed by atoms with Crippen molar-refractivity contribution in [1.82, 2.24) is 19.1 Å². The maximum atomic E-state index is 13.0. The van der Waals surface area contributed by atoms with Crippen molar-refractivity contribution in [1.29, 1.82) is 0 Å². The van der Waals surface area contributed by atoms with Crippen LogP contribution in [0.4, 0.5) is 0 Å². The number of fused-ring (bicyclic) bond motifs is 6. The summed E-state index contributed by atoms with van der Waals surface area (Å²) in [5.74, 6) is 1.62. The molecule has 0 amide bonds. The van der Waals surface area contributed by atoms with Gasteiger partial charge in [-0.1, -0.05) is 260 Å². The first-order valence-electron chi connectivity index (χ1n) is 31.5. The van der Waals surface area contributed by atoms with E-state index < -0.39 is 0 Å². The van der Waals surface area contributed by atoms with E-state index in [0.29, 0.717) is 11.4 Å². The van der Waals surface area contributed by atoms with Gasteiger partial charge in [-0.05, 0) is 110 Å². The Kier molecular flexibility index (Phi) is 15.4. The maximum Gasteiger partial charge on any atom is 0.161 e. The zero-order chi connectivity index (χ0) is 62.9. The van der Waals surface area contributed by atoms with Crippen LogP contribution in [-0.2, 0) is 48.1 Å². The van der Waals surface area contributed by atoms with E-state index in [9.17, 15) is 5.11 Å². The number of hydrogen-bond acceptors (Lipinski definition) is 4. The largest absolute Gasteiger partial charge is 0.507 e. The average Bonchev–Trinajstić information content (AvgIpc) is 1.56. The number of rotatable bonds is 8. The maximum absolute atomic E-state index is 13.0. The number of imidazole rings is 2. The molecule has 0 saturated carbocycles. The van der Waals surface area contributed by atoms with Gasteiger partial charge in [0.2, 0.25) is 0 Å². The monoisotopic (exact) mass is 1360 g/mol. The first kappa shape index (κ1) is 61.7. The van der Waals surface area contributed by atoms with Crippen LogP contribution in [0.25, 0.3) is 123 Å². The first-order valence-corrected chi connectivity index (χ1v) is 31.5. The molecular formula is C83H81N4O2Pt-. The molecule has 0 saturated heterocycles. The van der Waals surface area contributed by atoms with Gasteiger partial charge in [0.1, 0.15) is 22.7 Å². The molecular weight excluding hydrogens is 1280 g/mol. The molecule has 10 aromatic carbocycles. The summed E-state index contributed by atoms with van der Waals surface area (Å²) in [6.45, 7) is 35.8. The number of furan rings is 1. The van der Waals surface area contributed by atoms with Crippen molar-refractivity contribution in [2.45, 2.75) is 138 Å². The Morgan fingerprint density at radius 3 is 1.53 bits per heavy atom. The van der Waals surface area contributed by atoms with Crippen molar-refractivity contribution in [3.05, 3.63) is 234 Å². The second kappa shape index (κ2) is 22.4. The van der Waals surface area contributed by atoms with E-state index in [2.05, 4.69) is 320 Å². The molecule has 0 aliphatic rings. The summed E-state index contributed by atoms with van der Waals surface area (Å²) in [6, 6.07) is 74.2. The molecule has 0 atom stereocenters. The van der Waals surface area contributed by atoms with Gasteiger partial charge in [-0.15, -0.1) is 29.3 Å². The Labute approximate surface area is 546 Å². The van der Waals surface area contributed by atoms with E-state index in [0.717, 1.165) is 134 Å². The van der Waals surface area contributed by atoms with Crippen LogP contribution in [-0.4, -0.2) is 24.2 Å². The summed E-state index contributed by atoms with van der Waals surface area (Å²) in [7, 11) is 0. The van der Waals surface area contributed by atoms with Crippen molar-refractivity contribution < 1.29 is 30.6 Å². The van der Waals surface area contributed by atoms with E-state index in [4.69, 9.17) is 14.4 Å². The van der Waals surface area contributed by atoms with Gasteiger partial charge in [0.25, 0.3) is 0 Å². The number of aromatic hydroxyl groups is 1. The third kappa shape index (κ3) is 10.9. The van der Waals surface area contributed by atoms with Crippen LogP contribution >= 0.6 is 0 Å². The van der Waals surface area contributed by atoms with E-state index in [-0.39, 0.29) is 53.9 Å². The number of phenols is 1. The molecule has 3 heterocycles. The van der Waals surface area contributed by atoms with E-state index in [1.54, 1.807) is 0 Å². The predicted octanol–water partition coefficient (Wildman–Crippen LogP) is 22.6. The van der Waals surface area contributed by atoms with Crippen LogP contribution in [0.1, 0.15) is 137 Å². The number of aromatic nitrogens is 4. The summed E-state index contributed by atoms with van der Waals surface area (Å²) >= 11 is 0. The van der Waals surface area contributed by atoms with Gasteiger partial charge in [0.05, 0.1) is 39.3 Å². The third-order valence-corrected chi connectivity index (χ3v) is 18.0.